The van der Waals surface area contributed by atoms with E-state index in [1.807, 2.05) is 5.38 Å². The molecule has 3 N–H and O–H groups in total. The van der Waals surface area contributed by atoms with E-state index in [1.54, 1.807) is 18.3 Å². The van der Waals surface area contributed by atoms with Crippen LogP contribution in [0.3, 0.4) is 0 Å². The molecule has 1 aromatic heterocycles. The molecule has 1 atom stereocenters. The van der Waals surface area contributed by atoms with E-state index in [0.29, 0.717) is 11.3 Å². The fraction of sp³-hybridized carbons (Fsp3) is 0.0909. The normalized spacial score (nSPS) is 17.2. The Morgan fingerprint density at radius 2 is 2.22 bits per heavy atom. The van der Waals surface area contributed by atoms with E-state index in [9.17, 15) is 4.39 Å². The van der Waals surface area contributed by atoms with Crippen molar-refractivity contribution in [3.05, 3.63) is 46.2 Å². The predicted octanol–water partition coefficient (Wildman–Crippen LogP) is 2.53. The van der Waals surface area contributed by atoms with Crippen molar-refractivity contribution in [1.82, 2.24) is 4.98 Å². The number of fused-ring (bicyclic) bond motifs is 1. The fourth-order valence-electron chi connectivity index (χ4n) is 1.77. The molecule has 0 amide bonds. The molecular formula is C11H10ClFN4S. The maximum absolute atomic E-state index is 13.6. The van der Waals surface area contributed by atoms with Crippen LogP contribution in [0.5, 0.6) is 0 Å². The van der Waals surface area contributed by atoms with E-state index in [4.69, 9.17) is 5.73 Å². The van der Waals surface area contributed by atoms with Gasteiger partial charge in [-0.25, -0.2) is 14.4 Å². The summed E-state index contributed by atoms with van der Waals surface area (Å²) in [4.78, 5) is 8.39. The number of hydrogen-bond donors (Lipinski definition) is 2. The first-order valence-corrected chi connectivity index (χ1v) is 5.92. The van der Waals surface area contributed by atoms with Crippen molar-refractivity contribution in [2.75, 3.05) is 5.32 Å². The lowest BCUT2D eigenvalue weighted by atomic mass is 10.1. The molecular weight excluding hydrogens is 275 g/mol. The van der Waals surface area contributed by atoms with Crippen molar-refractivity contribution in [3.8, 4) is 0 Å². The van der Waals surface area contributed by atoms with Crippen molar-refractivity contribution in [2.24, 2.45) is 10.7 Å². The largest absolute Gasteiger partial charge is 0.383 e. The summed E-state index contributed by atoms with van der Waals surface area (Å²) in [5, 5.41) is 5.78. The number of nitrogens with two attached hydrogens (primary N) is 1. The van der Waals surface area contributed by atoms with Crippen LogP contribution in [0.4, 0.5) is 10.1 Å². The Morgan fingerprint density at radius 3 is 2.94 bits per heavy atom. The van der Waals surface area contributed by atoms with Gasteiger partial charge in [-0.15, -0.1) is 23.7 Å². The minimum atomic E-state index is -0.367. The number of nitrogens with one attached hydrogen (secondary N) is 1. The number of nitrogens with zero attached hydrogens (tertiary/aromatic N) is 2. The minimum Gasteiger partial charge on any atom is -0.383 e. The standard InChI is InChI=1S/C11H9FN4S.ClH/c12-6-2-1-3-7-8(6)9(13)16-10(15-7)11-14-4-5-17-11;/h1-5,10,15H,(H2,13,16);1H. The van der Waals surface area contributed by atoms with Crippen molar-refractivity contribution in [1.29, 1.82) is 0 Å². The van der Waals surface area contributed by atoms with Crippen LogP contribution in [-0.4, -0.2) is 10.8 Å². The van der Waals surface area contributed by atoms with Crippen LogP contribution in [0, 0.1) is 5.82 Å². The molecule has 3 rings (SSSR count). The van der Waals surface area contributed by atoms with Gasteiger partial charge in [0.05, 0.1) is 5.56 Å². The van der Waals surface area contributed by atoms with E-state index >= 15 is 0 Å². The first-order chi connectivity index (χ1) is 8.25. The highest BCUT2D eigenvalue weighted by molar-refractivity contribution is 7.09. The SMILES string of the molecule is Cl.NC1=NC(c2nccs2)Nc2cccc(F)c21. The number of halogens is 2. The lowest BCUT2D eigenvalue weighted by Gasteiger charge is -2.22. The number of benzene rings is 1. The molecule has 1 unspecified atom stereocenters. The van der Waals surface area contributed by atoms with Crippen LogP contribution in [0.25, 0.3) is 0 Å². The summed E-state index contributed by atoms with van der Waals surface area (Å²) in [5.41, 5.74) is 6.77. The topological polar surface area (TPSA) is 63.3 Å². The zero-order chi connectivity index (χ0) is 11.8. The molecule has 0 saturated carbocycles. The number of hydrogen-bond acceptors (Lipinski definition) is 5. The lowest BCUT2D eigenvalue weighted by molar-refractivity contribution is 0.623. The molecule has 0 saturated heterocycles. The Kier molecular flexibility index (Phi) is 3.49. The summed E-state index contributed by atoms with van der Waals surface area (Å²) in [7, 11) is 0. The molecule has 0 bridgehead atoms. The number of rotatable bonds is 1. The van der Waals surface area contributed by atoms with Gasteiger partial charge in [-0.3, -0.25) is 0 Å². The maximum atomic E-state index is 13.6. The average molecular weight is 285 g/mol. The summed E-state index contributed by atoms with van der Waals surface area (Å²) in [6.07, 6.45) is 1.37. The molecule has 4 nitrogen and oxygen atoms in total. The second-order valence-electron chi connectivity index (χ2n) is 3.59. The van der Waals surface area contributed by atoms with Gasteiger partial charge in [-0.2, -0.15) is 0 Å². The van der Waals surface area contributed by atoms with Crippen LogP contribution in [0.1, 0.15) is 16.7 Å². The number of amidine groups is 1. The van der Waals surface area contributed by atoms with E-state index in [-0.39, 0.29) is 30.2 Å². The van der Waals surface area contributed by atoms with Gasteiger partial charge in [-0.1, -0.05) is 6.07 Å². The predicted molar refractivity (Wildman–Crippen MR) is 72.9 cm³/mol. The number of thiazole rings is 1. The van der Waals surface area contributed by atoms with Crippen molar-refractivity contribution in [2.45, 2.75) is 6.17 Å². The van der Waals surface area contributed by atoms with Gasteiger partial charge < -0.3 is 11.1 Å². The van der Waals surface area contributed by atoms with Gasteiger partial charge in [0.1, 0.15) is 16.7 Å². The summed E-state index contributed by atoms with van der Waals surface area (Å²) in [5.74, 6) is -0.161. The van der Waals surface area contributed by atoms with Crippen LogP contribution >= 0.6 is 23.7 Å². The number of aromatic nitrogens is 1. The number of aliphatic imine (C=N–C) groups is 1. The first kappa shape index (κ1) is 12.8. The molecule has 94 valence electrons. The molecule has 7 heteroatoms. The molecule has 2 aromatic rings. The van der Waals surface area contributed by atoms with Crippen LogP contribution < -0.4 is 11.1 Å². The molecule has 0 radical (unpaired) electrons. The van der Waals surface area contributed by atoms with Crippen molar-refractivity contribution < 1.29 is 4.39 Å². The summed E-state index contributed by atoms with van der Waals surface area (Å²) in [6.45, 7) is 0. The van der Waals surface area contributed by atoms with Crippen molar-refractivity contribution in [3.63, 3.8) is 0 Å². The highest BCUT2D eigenvalue weighted by atomic mass is 35.5. The van der Waals surface area contributed by atoms with E-state index in [1.165, 1.54) is 17.4 Å². The monoisotopic (exact) mass is 284 g/mol. The third kappa shape index (κ3) is 2.04. The molecule has 1 aliphatic heterocycles. The second kappa shape index (κ2) is 4.91. The van der Waals surface area contributed by atoms with Crippen LogP contribution in [0.2, 0.25) is 0 Å². The summed E-state index contributed by atoms with van der Waals surface area (Å²) in [6, 6.07) is 4.78. The van der Waals surface area contributed by atoms with E-state index < -0.39 is 0 Å². The quantitative estimate of drug-likeness (QED) is 0.846. The summed E-state index contributed by atoms with van der Waals surface area (Å²) >= 11 is 1.48. The third-order valence-corrected chi connectivity index (χ3v) is 3.34. The molecule has 1 aliphatic rings. The average Bonchev–Trinajstić information content (AvgIpc) is 2.81. The smallest absolute Gasteiger partial charge is 0.173 e. The van der Waals surface area contributed by atoms with Crippen LogP contribution in [-0.2, 0) is 0 Å². The van der Waals surface area contributed by atoms with Gasteiger partial charge in [0.2, 0.25) is 0 Å². The molecule has 1 aromatic carbocycles. The van der Waals surface area contributed by atoms with Gasteiger partial charge in [-0.05, 0) is 12.1 Å². The fourth-order valence-corrected chi connectivity index (χ4v) is 2.40. The van der Waals surface area contributed by atoms with E-state index in [0.717, 1.165) is 5.01 Å². The Morgan fingerprint density at radius 1 is 1.39 bits per heavy atom. The number of anilines is 1. The highest BCUT2D eigenvalue weighted by Crippen LogP contribution is 2.30. The molecule has 0 fully saturated rings. The Bertz CT molecular complexity index is 585. The van der Waals surface area contributed by atoms with Crippen molar-refractivity contribution >= 4 is 35.3 Å². The maximum Gasteiger partial charge on any atom is 0.173 e. The van der Waals surface area contributed by atoms with Gasteiger partial charge in [0.15, 0.2) is 6.17 Å². The molecule has 18 heavy (non-hydrogen) atoms. The van der Waals surface area contributed by atoms with E-state index in [2.05, 4.69) is 15.3 Å². The van der Waals surface area contributed by atoms with Gasteiger partial charge in [0, 0.05) is 17.3 Å². The first-order valence-electron chi connectivity index (χ1n) is 5.04. The minimum absolute atomic E-state index is 0. The Hall–Kier alpha value is -1.66. The zero-order valence-electron chi connectivity index (χ0n) is 9.13. The third-order valence-electron chi connectivity index (χ3n) is 2.52. The Labute approximate surface area is 113 Å². The summed E-state index contributed by atoms with van der Waals surface area (Å²) < 4.78 is 13.6. The van der Waals surface area contributed by atoms with Gasteiger partial charge >= 0.3 is 0 Å². The molecule has 2 heterocycles. The Balaban J connectivity index is 0.00000120. The lowest BCUT2D eigenvalue weighted by Crippen LogP contribution is -2.26. The second-order valence-corrected chi connectivity index (χ2v) is 4.52. The molecule has 0 spiro atoms. The zero-order valence-corrected chi connectivity index (χ0v) is 10.8. The van der Waals surface area contributed by atoms with Crippen LogP contribution in [0.15, 0.2) is 34.8 Å². The molecule has 0 aliphatic carbocycles. The van der Waals surface area contributed by atoms with Gasteiger partial charge in [0.25, 0.3) is 0 Å². The highest BCUT2D eigenvalue weighted by Gasteiger charge is 2.23.